The molecule has 0 aliphatic carbocycles. The van der Waals surface area contributed by atoms with Crippen LogP contribution in [-0.2, 0) is 7.05 Å². The molecule has 0 bridgehead atoms. The number of fused-ring (bicyclic) bond motifs is 2. The molecule has 0 radical (unpaired) electrons. The number of hydrogen-bond acceptors (Lipinski definition) is 6. The van der Waals surface area contributed by atoms with Crippen LogP contribution in [0.15, 0.2) is 92.2 Å². The zero-order chi connectivity index (χ0) is 22.2. The Kier molecular flexibility index (Phi) is 4.51. The minimum absolute atomic E-state index is 0.819. The fraction of sp³-hybridized carbons (Fsp3) is 0.0385. The minimum atomic E-state index is 0.819. The number of nitrogens with one attached hydrogen (secondary N) is 1. The Bertz CT molecular complexity index is 1610. The number of hydrogen-bond donors (Lipinski definition) is 1. The smallest absolute Gasteiger partial charge is 0.115 e. The van der Waals surface area contributed by atoms with Gasteiger partial charge in [0.05, 0.1) is 22.9 Å². The predicted molar refractivity (Wildman–Crippen MR) is 130 cm³/mol. The molecule has 7 heteroatoms. The zero-order valence-corrected chi connectivity index (χ0v) is 17.8. The van der Waals surface area contributed by atoms with Crippen LogP contribution >= 0.6 is 0 Å². The van der Waals surface area contributed by atoms with Crippen molar-refractivity contribution in [2.75, 3.05) is 5.32 Å². The Morgan fingerprint density at radius 1 is 0.758 bits per heavy atom. The first-order chi connectivity index (χ1) is 16.3. The molecule has 158 valence electrons. The van der Waals surface area contributed by atoms with Crippen LogP contribution in [0, 0.1) is 0 Å². The average molecular weight is 429 g/mol. The fourth-order valence-electron chi connectivity index (χ4n) is 4.16. The lowest BCUT2D eigenvalue weighted by Crippen LogP contribution is -1.97. The SMILES string of the molecule is Cn1ccc2cc(-c3cc(Nc4cnccc4-c4cncnc4)cc4nccnc34)ccc21. The molecule has 0 spiro atoms. The Morgan fingerprint density at radius 3 is 2.55 bits per heavy atom. The topological polar surface area (TPSA) is 81.4 Å². The van der Waals surface area contributed by atoms with Crippen molar-refractivity contribution in [3.8, 4) is 22.3 Å². The molecule has 33 heavy (non-hydrogen) atoms. The van der Waals surface area contributed by atoms with Crippen molar-refractivity contribution in [2.24, 2.45) is 7.05 Å². The summed E-state index contributed by atoms with van der Waals surface area (Å²) in [4.78, 5) is 21.8. The van der Waals surface area contributed by atoms with Gasteiger partial charge in [-0.05, 0) is 42.0 Å². The van der Waals surface area contributed by atoms with Gasteiger partial charge >= 0.3 is 0 Å². The van der Waals surface area contributed by atoms with Gasteiger partial charge in [0.1, 0.15) is 6.33 Å². The number of aromatic nitrogens is 6. The van der Waals surface area contributed by atoms with E-state index in [1.165, 1.54) is 17.2 Å². The number of nitrogens with zero attached hydrogens (tertiary/aromatic N) is 6. The Labute approximate surface area is 189 Å². The van der Waals surface area contributed by atoms with Gasteiger partial charge in [-0.25, -0.2) is 9.97 Å². The Balaban J connectivity index is 1.49. The second-order valence-electron chi connectivity index (χ2n) is 7.82. The second kappa shape index (κ2) is 7.80. The van der Waals surface area contributed by atoms with Gasteiger partial charge in [0.15, 0.2) is 0 Å². The summed E-state index contributed by atoms with van der Waals surface area (Å²) in [5.74, 6) is 0. The van der Waals surface area contributed by atoms with E-state index in [2.05, 4.69) is 78.4 Å². The van der Waals surface area contributed by atoms with Crippen molar-refractivity contribution in [2.45, 2.75) is 0 Å². The van der Waals surface area contributed by atoms with E-state index >= 15 is 0 Å². The standard InChI is InChI=1S/C26H19N7/c1-33-9-5-18-10-17(2-3-25(18)33)22-11-20(12-23-26(22)31-8-7-30-23)32-24-15-27-6-4-21(24)19-13-28-16-29-14-19/h2-16,32H,1H3. The molecule has 0 aliphatic heterocycles. The number of pyridine rings is 1. The highest BCUT2D eigenvalue weighted by molar-refractivity contribution is 5.98. The summed E-state index contributed by atoms with van der Waals surface area (Å²) in [6.07, 6.45) is 14.2. The highest BCUT2D eigenvalue weighted by Gasteiger charge is 2.12. The van der Waals surface area contributed by atoms with Crippen LogP contribution in [0.2, 0.25) is 0 Å². The van der Waals surface area contributed by atoms with Gasteiger partial charge in [-0.15, -0.1) is 0 Å². The molecular weight excluding hydrogens is 410 g/mol. The largest absolute Gasteiger partial charge is 0.354 e. The highest BCUT2D eigenvalue weighted by atomic mass is 14.9. The maximum atomic E-state index is 4.63. The molecule has 0 aliphatic rings. The van der Waals surface area contributed by atoms with Crippen molar-refractivity contribution >= 4 is 33.3 Å². The third-order valence-corrected chi connectivity index (χ3v) is 5.74. The summed E-state index contributed by atoms with van der Waals surface area (Å²) in [5.41, 5.74) is 8.62. The van der Waals surface area contributed by atoms with E-state index in [9.17, 15) is 0 Å². The van der Waals surface area contributed by atoms with Crippen molar-refractivity contribution in [1.82, 2.24) is 29.5 Å². The number of rotatable bonds is 4. The van der Waals surface area contributed by atoms with Gasteiger partial charge in [0.2, 0.25) is 0 Å². The maximum absolute atomic E-state index is 4.63. The lowest BCUT2D eigenvalue weighted by Gasteiger charge is -2.14. The van der Waals surface area contributed by atoms with Crippen LogP contribution in [-0.4, -0.2) is 29.5 Å². The summed E-state index contributed by atoms with van der Waals surface area (Å²) in [6, 6.07) is 14.7. The summed E-state index contributed by atoms with van der Waals surface area (Å²) in [5, 5.41) is 4.71. The molecule has 2 aromatic carbocycles. The number of benzene rings is 2. The quantitative estimate of drug-likeness (QED) is 0.405. The van der Waals surface area contributed by atoms with Crippen molar-refractivity contribution in [1.29, 1.82) is 0 Å². The van der Waals surface area contributed by atoms with Crippen LogP contribution < -0.4 is 5.32 Å². The average Bonchev–Trinajstić information content (AvgIpc) is 3.24. The minimum Gasteiger partial charge on any atom is -0.354 e. The molecular formula is C26H19N7. The molecule has 0 fully saturated rings. The van der Waals surface area contributed by atoms with E-state index in [0.717, 1.165) is 44.7 Å². The molecule has 7 nitrogen and oxygen atoms in total. The van der Waals surface area contributed by atoms with E-state index in [1.54, 1.807) is 37.2 Å². The van der Waals surface area contributed by atoms with Crippen LogP contribution in [0.25, 0.3) is 44.2 Å². The van der Waals surface area contributed by atoms with Crippen LogP contribution in [0.5, 0.6) is 0 Å². The van der Waals surface area contributed by atoms with Crippen LogP contribution in [0.4, 0.5) is 11.4 Å². The van der Waals surface area contributed by atoms with Crippen molar-refractivity contribution < 1.29 is 0 Å². The van der Waals surface area contributed by atoms with Gasteiger partial charge in [0.25, 0.3) is 0 Å². The molecule has 4 heterocycles. The number of aryl methyl sites for hydroxylation is 1. The second-order valence-corrected chi connectivity index (χ2v) is 7.82. The first-order valence-corrected chi connectivity index (χ1v) is 10.5. The monoisotopic (exact) mass is 429 g/mol. The number of anilines is 2. The van der Waals surface area contributed by atoms with E-state index in [1.807, 2.05) is 12.1 Å². The van der Waals surface area contributed by atoms with Gasteiger partial charge < -0.3 is 9.88 Å². The van der Waals surface area contributed by atoms with E-state index < -0.39 is 0 Å². The molecule has 0 saturated carbocycles. The lowest BCUT2D eigenvalue weighted by molar-refractivity contribution is 0.969. The maximum Gasteiger partial charge on any atom is 0.115 e. The highest BCUT2D eigenvalue weighted by Crippen LogP contribution is 2.35. The zero-order valence-electron chi connectivity index (χ0n) is 17.8. The molecule has 4 aromatic heterocycles. The summed E-state index contributed by atoms with van der Waals surface area (Å²) < 4.78 is 2.12. The van der Waals surface area contributed by atoms with E-state index in [0.29, 0.717) is 0 Å². The van der Waals surface area contributed by atoms with E-state index in [4.69, 9.17) is 0 Å². The molecule has 0 unspecified atom stereocenters. The Morgan fingerprint density at radius 2 is 1.64 bits per heavy atom. The van der Waals surface area contributed by atoms with Gasteiger partial charge in [-0.2, -0.15) is 0 Å². The van der Waals surface area contributed by atoms with Gasteiger partial charge in [-0.3, -0.25) is 15.0 Å². The molecule has 0 saturated heterocycles. The first kappa shape index (κ1) is 19.1. The third kappa shape index (κ3) is 3.45. The lowest BCUT2D eigenvalue weighted by atomic mass is 10.0. The molecule has 0 amide bonds. The van der Waals surface area contributed by atoms with E-state index in [-0.39, 0.29) is 0 Å². The first-order valence-electron chi connectivity index (χ1n) is 10.5. The van der Waals surface area contributed by atoms with Gasteiger partial charge in [0, 0.05) is 77.5 Å². The third-order valence-electron chi connectivity index (χ3n) is 5.74. The molecule has 6 rings (SSSR count). The fourth-order valence-corrected chi connectivity index (χ4v) is 4.16. The van der Waals surface area contributed by atoms with Crippen LogP contribution in [0.1, 0.15) is 0 Å². The van der Waals surface area contributed by atoms with Crippen LogP contribution in [0.3, 0.4) is 0 Å². The Hall–Kier alpha value is -4.65. The summed E-state index contributed by atoms with van der Waals surface area (Å²) in [6.45, 7) is 0. The van der Waals surface area contributed by atoms with Gasteiger partial charge in [-0.1, -0.05) is 6.07 Å². The summed E-state index contributed by atoms with van der Waals surface area (Å²) >= 11 is 0. The normalized spacial score (nSPS) is 11.2. The summed E-state index contributed by atoms with van der Waals surface area (Å²) in [7, 11) is 2.05. The van der Waals surface area contributed by atoms with Crippen molar-refractivity contribution in [3.05, 3.63) is 92.2 Å². The molecule has 0 atom stereocenters. The molecule has 1 N–H and O–H groups in total. The van der Waals surface area contributed by atoms with Crippen molar-refractivity contribution in [3.63, 3.8) is 0 Å². The molecule has 6 aromatic rings. The predicted octanol–water partition coefficient (Wildman–Crippen LogP) is 5.38.